The number of anilines is 1. The number of benzene rings is 3. The number of nitro benzene ring substituents is 1. The number of hydrogen-bond donors (Lipinski definition) is 2. The summed E-state index contributed by atoms with van der Waals surface area (Å²) in [6.45, 7) is 0. The van der Waals surface area contributed by atoms with Crippen molar-refractivity contribution in [2.45, 2.75) is 0 Å². The highest BCUT2D eigenvalue weighted by Crippen LogP contribution is 2.22. The number of nitrogens with one attached hydrogen (secondary N) is 2. The number of methoxy groups -OCH3 is 1. The lowest BCUT2D eigenvalue weighted by molar-refractivity contribution is -0.385. The molecule has 3 rings (SSSR count). The van der Waals surface area contributed by atoms with E-state index in [1.165, 1.54) is 49.7 Å². The summed E-state index contributed by atoms with van der Waals surface area (Å²) in [5.74, 6) is -2.27. The minimum Gasteiger partial charge on any atom is -0.497 e. The summed E-state index contributed by atoms with van der Waals surface area (Å²) >= 11 is 0. The van der Waals surface area contributed by atoms with E-state index in [0.717, 1.165) is 0 Å². The number of ether oxygens (including phenoxy) is 2. The summed E-state index contributed by atoms with van der Waals surface area (Å²) in [6, 6.07) is 17.9. The lowest BCUT2D eigenvalue weighted by Crippen LogP contribution is -2.32. The van der Waals surface area contributed by atoms with Crippen LogP contribution >= 0.6 is 0 Å². The number of carbonyl (C=O) groups excluding carboxylic acids is 3. The molecule has 2 N–H and O–H groups in total. The van der Waals surface area contributed by atoms with E-state index in [2.05, 4.69) is 15.8 Å². The minimum absolute atomic E-state index is 0.0475. The Kier molecular flexibility index (Phi) is 7.63. The Balaban J connectivity index is 1.64. The lowest BCUT2D eigenvalue weighted by atomic mass is 10.2. The number of rotatable bonds is 7. The Morgan fingerprint density at radius 2 is 1.62 bits per heavy atom. The molecule has 0 aliphatic rings. The number of nitro groups is 1. The average molecular weight is 462 g/mol. The Labute approximate surface area is 193 Å². The highest BCUT2D eigenvalue weighted by atomic mass is 16.6. The average Bonchev–Trinajstić information content (AvgIpc) is 2.85. The van der Waals surface area contributed by atoms with Crippen molar-refractivity contribution in [2.75, 3.05) is 12.4 Å². The van der Waals surface area contributed by atoms with Gasteiger partial charge in [-0.2, -0.15) is 5.10 Å². The predicted molar refractivity (Wildman–Crippen MR) is 122 cm³/mol. The van der Waals surface area contributed by atoms with Crippen LogP contribution in [0, 0.1) is 10.1 Å². The molecule has 0 atom stereocenters. The fraction of sp³-hybridized carbons (Fsp3) is 0.0435. The van der Waals surface area contributed by atoms with Gasteiger partial charge in [0.05, 0.1) is 18.2 Å². The molecular formula is C23H18N4O7. The number of hydrazone groups is 1. The second kappa shape index (κ2) is 11.0. The highest BCUT2D eigenvalue weighted by molar-refractivity contribution is 6.39. The third-order valence-electron chi connectivity index (χ3n) is 4.37. The maximum absolute atomic E-state index is 12.5. The van der Waals surface area contributed by atoms with Gasteiger partial charge in [-0.1, -0.05) is 24.3 Å². The first kappa shape index (κ1) is 23.6. The summed E-state index contributed by atoms with van der Waals surface area (Å²) < 4.78 is 10.3. The molecule has 34 heavy (non-hydrogen) atoms. The van der Waals surface area contributed by atoms with Crippen molar-refractivity contribution in [1.29, 1.82) is 0 Å². The van der Waals surface area contributed by atoms with Crippen LogP contribution in [0.25, 0.3) is 0 Å². The van der Waals surface area contributed by atoms with Gasteiger partial charge in [0, 0.05) is 17.3 Å². The molecule has 2 amide bonds. The van der Waals surface area contributed by atoms with Crippen molar-refractivity contribution in [3.63, 3.8) is 0 Å². The van der Waals surface area contributed by atoms with Crippen LogP contribution in [-0.2, 0) is 9.59 Å². The molecule has 0 saturated heterocycles. The summed E-state index contributed by atoms with van der Waals surface area (Å²) in [5, 5.41) is 17.3. The molecule has 0 unspecified atom stereocenters. The van der Waals surface area contributed by atoms with Crippen LogP contribution < -0.4 is 20.2 Å². The smallest absolute Gasteiger partial charge is 0.350 e. The van der Waals surface area contributed by atoms with Gasteiger partial charge in [0.25, 0.3) is 5.69 Å². The first-order valence-electron chi connectivity index (χ1n) is 9.72. The number of nitrogens with zero attached hydrogens (tertiary/aromatic N) is 2. The van der Waals surface area contributed by atoms with Crippen molar-refractivity contribution in [1.82, 2.24) is 5.43 Å². The number of amides is 2. The molecule has 0 radical (unpaired) electrons. The van der Waals surface area contributed by atoms with Crippen LogP contribution in [0.2, 0.25) is 0 Å². The third-order valence-corrected chi connectivity index (χ3v) is 4.37. The van der Waals surface area contributed by atoms with Crippen molar-refractivity contribution in [3.8, 4) is 11.5 Å². The molecule has 0 spiro atoms. The summed E-state index contributed by atoms with van der Waals surface area (Å²) in [7, 11) is 1.50. The van der Waals surface area contributed by atoms with E-state index in [1.807, 2.05) is 0 Å². The van der Waals surface area contributed by atoms with Crippen LogP contribution in [0.5, 0.6) is 11.5 Å². The van der Waals surface area contributed by atoms with E-state index in [1.54, 1.807) is 36.4 Å². The Morgan fingerprint density at radius 3 is 2.32 bits per heavy atom. The lowest BCUT2D eigenvalue weighted by Gasteiger charge is -2.08. The molecule has 0 aromatic heterocycles. The quantitative estimate of drug-likeness (QED) is 0.137. The fourth-order valence-electron chi connectivity index (χ4n) is 2.71. The second-order valence-electron chi connectivity index (χ2n) is 6.58. The van der Waals surface area contributed by atoms with E-state index < -0.39 is 28.4 Å². The van der Waals surface area contributed by atoms with Crippen LogP contribution in [0.1, 0.15) is 15.9 Å². The van der Waals surface area contributed by atoms with Gasteiger partial charge in [-0.05, 0) is 42.5 Å². The minimum atomic E-state index is -1.03. The first-order valence-corrected chi connectivity index (χ1v) is 9.72. The molecule has 0 bridgehead atoms. The van der Waals surface area contributed by atoms with Gasteiger partial charge in [0.1, 0.15) is 17.1 Å². The molecule has 0 aliphatic carbocycles. The normalized spacial score (nSPS) is 10.4. The zero-order chi connectivity index (χ0) is 24.5. The van der Waals surface area contributed by atoms with Gasteiger partial charge in [-0.15, -0.1) is 0 Å². The van der Waals surface area contributed by atoms with Gasteiger partial charge < -0.3 is 14.8 Å². The molecule has 11 nitrogen and oxygen atoms in total. The Hall–Kier alpha value is -5.06. The zero-order valence-corrected chi connectivity index (χ0v) is 17.8. The number of carbonyl (C=O) groups is 3. The third kappa shape index (κ3) is 6.01. The van der Waals surface area contributed by atoms with Crippen LogP contribution in [0.3, 0.4) is 0 Å². The maximum atomic E-state index is 12.5. The molecule has 172 valence electrons. The monoisotopic (exact) mass is 462 g/mol. The van der Waals surface area contributed by atoms with Gasteiger partial charge in [-0.25, -0.2) is 10.2 Å². The summed E-state index contributed by atoms with van der Waals surface area (Å²) in [4.78, 5) is 47.0. The van der Waals surface area contributed by atoms with Crippen LogP contribution in [0.15, 0.2) is 77.9 Å². The van der Waals surface area contributed by atoms with Gasteiger partial charge in [0.2, 0.25) is 0 Å². The standard InChI is InChI=1S/C23H18N4O7/c1-33-17-12-10-16(11-13-17)25-21(28)22(29)26-24-14-15-6-2-5-9-20(15)34-23(30)18-7-3-4-8-19(18)27(31)32/h2-14H,1H3,(H,25,28)(H,26,29). The molecule has 3 aromatic carbocycles. The van der Waals surface area contributed by atoms with E-state index in [4.69, 9.17) is 9.47 Å². The Morgan fingerprint density at radius 1 is 0.941 bits per heavy atom. The molecule has 0 aliphatic heterocycles. The molecule has 11 heteroatoms. The summed E-state index contributed by atoms with van der Waals surface area (Å²) in [6.07, 6.45) is 1.17. The van der Waals surface area contributed by atoms with E-state index in [0.29, 0.717) is 11.4 Å². The van der Waals surface area contributed by atoms with Crippen molar-refractivity contribution < 1.29 is 28.8 Å². The Bertz CT molecular complexity index is 1260. The zero-order valence-electron chi connectivity index (χ0n) is 17.8. The second-order valence-corrected chi connectivity index (χ2v) is 6.58. The van der Waals surface area contributed by atoms with Gasteiger partial charge >= 0.3 is 17.8 Å². The molecule has 3 aromatic rings. The van der Waals surface area contributed by atoms with Gasteiger partial charge in [0.15, 0.2) is 0 Å². The molecule has 0 fully saturated rings. The van der Waals surface area contributed by atoms with Crippen LogP contribution in [-0.4, -0.2) is 36.0 Å². The van der Waals surface area contributed by atoms with E-state index >= 15 is 0 Å². The van der Waals surface area contributed by atoms with Crippen molar-refractivity contribution >= 4 is 35.4 Å². The SMILES string of the molecule is COc1ccc(NC(=O)C(=O)NN=Cc2ccccc2OC(=O)c2ccccc2[N+](=O)[O-])cc1. The van der Waals surface area contributed by atoms with Crippen LogP contribution in [0.4, 0.5) is 11.4 Å². The highest BCUT2D eigenvalue weighted by Gasteiger charge is 2.21. The number of esters is 1. The largest absolute Gasteiger partial charge is 0.497 e. The molecule has 0 saturated carbocycles. The summed E-state index contributed by atoms with van der Waals surface area (Å²) in [5.41, 5.74) is 2.13. The number of para-hydroxylation sites is 2. The van der Waals surface area contributed by atoms with Gasteiger partial charge in [-0.3, -0.25) is 19.7 Å². The molecule has 0 heterocycles. The van der Waals surface area contributed by atoms with E-state index in [-0.39, 0.29) is 16.9 Å². The van der Waals surface area contributed by atoms with Crippen molar-refractivity contribution in [2.24, 2.45) is 5.10 Å². The first-order chi connectivity index (χ1) is 16.4. The van der Waals surface area contributed by atoms with Crippen molar-refractivity contribution in [3.05, 3.63) is 94.0 Å². The fourth-order valence-corrected chi connectivity index (χ4v) is 2.71. The topological polar surface area (TPSA) is 149 Å². The molecular weight excluding hydrogens is 444 g/mol. The maximum Gasteiger partial charge on any atom is 0.350 e. The predicted octanol–water partition coefficient (Wildman–Crippen LogP) is 2.91. The van der Waals surface area contributed by atoms with E-state index in [9.17, 15) is 24.5 Å². The number of hydrogen-bond acceptors (Lipinski definition) is 8.